The number of aromatic nitrogens is 4. The molecule has 2 aromatic carbocycles. The zero-order valence-electron chi connectivity index (χ0n) is 22.9. The fraction of sp³-hybridized carbons (Fsp3) is 0.167. The van der Waals surface area contributed by atoms with Gasteiger partial charge in [0.25, 0.3) is 5.91 Å². The molecule has 0 aliphatic carbocycles. The van der Waals surface area contributed by atoms with Gasteiger partial charge in [0, 0.05) is 54.5 Å². The Morgan fingerprint density at radius 2 is 1.80 bits per heavy atom. The number of nitrogens with one attached hydrogen (secondary N) is 2. The van der Waals surface area contributed by atoms with Crippen molar-refractivity contribution in [3.05, 3.63) is 96.7 Å². The van der Waals surface area contributed by atoms with Gasteiger partial charge in [0.1, 0.15) is 17.9 Å². The molecule has 3 aromatic heterocycles. The minimum atomic E-state index is -4.61. The zero-order valence-corrected chi connectivity index (χ0v) is 22.9. The molecule has 0 spiro atoms. The van der Waals surface area contributed by atoms with Crippen LogP contribution in [0.5, 0.6) is 11.6 Å². The molecule has 0 bridgehead atoms. The summed E-state index contributed by atoms with van der Waals surface area (Å²) in [6.45, 7) is 1.37. The summed E-state index contributed by atoms with van der Waals surface area (Å²) in [6, 6.07) is 14.4. The lowest BCUT2D eigenvalue weighted by molar-refractivity contribution is -0.137. The van der Waals surface area contributed by atoms with E-state index >= 15 is 0 Å². The third-order valence-corrected chi connectivity index (χ3v) is 6.82. The number of carbonyl (C=O) groups excluding carboxylic acids is 2. The maximum Gasteiger partial charge on any atom is 0.418 e. The van der Waals surface area contributed by atoms with E-state index in [1.54, 1.807) is 47.5 Å². The van der Waals surface area contributed by atoms with Crippen LogP contribution in [0.15, 0.2) is 85.6 Å². The summed E-state index contributed by atoms with van der Waals surface area (Å²) in [5.41, 5.74) is 0.0861. The lowest BCUT2D eigenvalue weighted by atomic mass is 10.1. The number of amides is 2. The smallest absolute Gasteiger partial charge is 0.418 e. The molecule has 2 N–H and O–H groups in total. The van der Waals surface area contributed by atoms with Crippen LogP contribution < -0.4 is 20.3 Å². The van der Waals surface area contributed by atoms with E-state index < -0.39 is 23.7 Å². The van der Waals surface area contributed by atoms with Gasteiger partial charge in [0.15, 0.2) is 0 Å². The molecular weight excluding hydrogens is 579 g/mol. The fourth-order valence-electron chi connectivity index (χ4n) is 4.74. The van der Waals surface area contributed by atoms with Crippen molar-refractivity contribution in [3.63, 3.8) is 0 Å². The average Bonchev–Trinajstić information content (AvgIpc) is 3.45. The quantitative estimate of drug-likeness (QED) is 0.250. The van der Waals surface area contributed by atoms with Crippen LogP contribution >= 0.6 is 0 Å². The van der Waals surface area contributed by atoms with E-state index in [-0.39, 0.29) is 23.1 Å². The van der Waals surface area contributed by atoms with Crippen molar-refractivity contribution >= 4 is 40.0 Å². The molecule has 2 amide bonds. The molecule has 44 heavy (non-hydrogen) atoms. The first-order valence-electron chi connectivity index (χ1n) is 13.4. The number of ether oxygens (including phenoxy) is 2. The Bertz CT molecular complexity index is 1820. The van der Waals surface area contributed by atoms with Crippen molar-refractivity contribution in [2.24, 2.45) is 0 Å². The number of nitrogens with zero attached hydrogens (tertiary/aromatic N) is 5. The molecule has 1 aliphatic heterocycles. The summed E-state index contributed by atoms with van der Waals surface area (Å²) < 4.78 is 54.2. The van der Waals surface area contributed by atoms with Gasteiger partial charge in [0.2, 0.25) is 5.88 Å². The third-order valence-electron chi connectivity index (χ3n) is 6.82. The van der Waals surface area contributed by atoms with E-state index in [1.165, 1.54) is 41.5 Å². The van der Waals surface area contributed by atoms with Crippen LogP contribution in [0.25, 0.3) is 10.9 Å². The highest BCUT2D eigenvalue weighted by Crippen LogP contribution is 2.38. The molecule has 6 rings (SSSR count). The molecule has 4 heterocycles. The number of hydrogen-bond acceptors (Lipinski definition) is 8. The first-order chi connectivity index (χ1) is 21.2. The van der Waals surface area contributed by atoms with E-state index in [1.807, 2.05) is 0 Å². The molecule has 0 atom stereocenters. The number of rotatable bonds is 6. The summed E-state index contributed by atoms with van der Waals surface area (Å²) in [5.74, 6) is 0.386. The van der Waals surface area contributed by atoms with E-state index in [0.29, 0.717) is 48.5 Å². The lowest BCUT2D eigenvalue weighted by Gasteiger charge is -2.31. The van der Waals surface area contributed by atoms with Crippen LogP contribution in [-0.2, 0) is 10.9 Å². The second-order valence-corrected chi connectivity index (χ2v) is 9.70. The SMILES string of the molecule is O=C(Nc1cc(Oc2ccc3c(ccn3C(=O)Nc3ccc(N4CCOCC4)c(C(F)(F)F)c3)c2)ncn1)c1cccnc1. The minimum absolute atomic E-state index is 0.0105. The molecule has 224 valence electrons. The number of alkyl halides is 3. The second-order valence-electron chi connectivity index (χ2n) is 9.70. The number of halogens is 3. The van der Waals surface area contributed by atoms with Crippen LogP contribution in [0, 0.1) is 0 Å². The monoisotopic (exact) mass is 603 g/mol. The van der Waals surface area contributed by atoms with Gasteiger partial charge in [-0.25, -0.2) is 14.8 Å². The van der Waals surface area contributed by atoms with Gasteiger partial charge in [0.05, 0.1) is 29.9 Å². The van der Waals surface area contributed by atoms with Crippen molar-refractivity contribution in [1.82, 2.24) is 19.5 Å². The topological polar surface area (TPSA) is 124 Å². The van der Waals surface area contributed by atoms with Crippen LogP contribution in [0.2, 0.25) is 0 Å². The number of pyridine rings is 1. The van der Waals surface area contributed by atoms with Gasteiger partial charge in [-0.15, -0.1) is 0 Å². The maximum absolute atomic E-state index is 13.9. The van der Waals surface area contributed by atoms with Crippen molar-refractivity contribution in [3.8, 4) is 11.6 Å². The van der Waals surface area contributed by atoms with Gasteiger partial charge < -0.3 is 25.0 Å². The molecular formula is C30H24F3N7O4. The summed E-state index contributed by atoms with van der Waals surface area (Å²) in [6.07, 6.45) is 1.12. The van der Waals surface area contributed by atoms with Gasteiger partial charge in [-0.2, -0.15) is 13.2 Å². The minimum Gasteiger partial charge on any atom is -0.439 e. The molecule has 0 radical (unpaired) electrons. The highest BCUT2D eigenvalue weighted by Gasteiger charge is 2.35. The standard InChI is InChI=1S/C30H24F3N7O4/c31-30(32,33)23-15-21(3-5-25(23)39-10-12-43-13-11-39)37-29(42)40-9-7-19-14-22(4-6-24(19)40)44-27-16-26(35-18-36-27)38-28(41)20-2-1-8-34-17-20/h1-9,14-18H,10-13H2,(H,37,42)(H,35,36,38,41). The van der Waals surface area contributed by atoms with E-state index in [9.17, 15) is 22.8 Å². The molecule has 0 saturated carbocycles. The number of benzene rings is 2. The highest BCUT2D eigenvalue weighted by molar-refractivity contribution is 6.03. The molecule has 0 unspecified atom stereocenters. The Labute approximate surface area is 248 Å². The van der Waals surface area contributed by atoms with Crippen molar-refractivity contribution in [2.45, 2.75) is 6.18 Å². The normalized spacial score (nSPS) is 13.5. The predicted octanol–water partition coefficient (Wildman–Crippen LogP) is 5.81. The van der Waals surface area contributed by atoms with Gasteiger partial charge >= 0.3 is 12.2 Å². The Balaban J connectivity index is 1.16. The average molecular weight is 604 g/mol. The number of anilines is 3. The summed E-state index contributed by atoms with van der Waals surface area (Å²) in [7, 11) is 0. The Kier molecular flexibility index (Phi) is 7.81. The van der Waals surface area contributed by atoms with E-state index in [4.69, 9.17) is 9.47 Å². The molecule has 1 fully saturated rings. The third kappa shape index (κ3) is 6.29. The Hall–Kier alpha value is -5.50. The van der Waals surface area contributed by atoms with Crippen LogP contribution in [0.1, 0.15) is 15.9 Å². The molecule has 11 nitrogen and oxygen atoms in total. The number of carbonyl (C=O) groups is 2. The Morgan fingerprint density at radius 1 is 0.955 bits per heavy atom. The van der Waals surface area contributed by atoms with Crippen LogP contribution in [0.4, 0.5) is 35.2 Å². The first kappa shape index (κ1) is 28.6. The predicted molar refractivity (Wildman–Crippen MR) is 155 cm³/mol. The second kappa shape index (κ2) is 12.0. The summed E-state index contributed by atoms with van der Waals surface area (Å²) in [5, 5.41) is 5.85. The largest absolute Gasteiger partial charge is 0.439 e. The Morgan fingerprint density at radius 3 is 2.57 bits per heavy atom. The summed E-state index contributed by atoms with van der Waals surface area (Å²) in [4.78, 5) is 39.2. The van der Waals surface area contributed by atoms with Crippen LogP contribution in [0.3, 0.4) is 0 Å². The number of hydrogen-bond donors (Lipinski definition) is 2. The van der Waals surface area contributed by atoms with Gasteiger partial charge in [-0.05, 0) is 54.6 Å². The van der Waals surface area contributed by atoms with Crippen molar-refractivity contribution < 1.29 is 32.2 Å². The molecule has 1 aliphatic rings. The van der Waals surface area contributed by atoms with E-state index in [2.05, 4.69) is 25.6 Å². The van der Waals surface area contributed by atoms with Crippen LogP contribution in [-0.4, -0.2) is 57.8 Å². The van der Waals surface area contributed by atoms with Gasteiger partial charge in [-0.3, -0.25) is 14.3 Å². The molecule has 5 aromatic rings. The molecule has 1 saturated heterocycles. The highest BCUT2D eigenvalue weighted by atomic mass is 19.4. The zero-order chi connectivity index (χ0) is 30.7. The summed E-state index contributed by atoms with van der Waals surface area (Å²) >= 11 is 0. The molecule has 14 heteroatoms. The van der Waals surface area contributed by atoms with Crippen molar-refractivity contribution in [2.75, 3.05) is 41.8 Å². The fourth-order valence-corrected chi connectivity index (χ4v) is 4.74. The number of morpholine rings is 1. The van der Waals surface area contributed by atoms with Crippen molar-refractivity contribution in [1.29, 1.82) is 0 Å². The van der Waals surface area contributed by atoms with E-state index in [0.717, 1.165) is 6.07 Å². The first-order valence-corrected chi connectivity index (χ1v) is 13.4. The van der Waals surface area contributed by atoms with Gasteiger partial charge in [-0.1, -0.05) is 0 Å². The number of fused-ring (bicyclic) bond motifs is 1. The maximum atomic E-state index is 13.9. The lowest BCUT2D eigenvalue weighted by Crippen LogP contribution is -2.37.